The van der Waals surface area contributed by atoms with E-state index in [2.05, 4.69) is 39.0 Å². The molecule has 26 heavy (non-hydrogen) atoms. The smallest absolute Gasteiger partial charge is 0.191 e. The van der Waals surface area contributed by atoms with Crippen molar-refractivity contribution in [1.29, 1.82) is 0 Å². The maximum atomic E-state index is 4.72. The summed E-state index contributed by atoms with van der Waals surface area (Å²) < 4.78 is 0. The van der Waals surface area contributed by atoms with Crippen molar-refractivity contribution in [2.75, 3.05) is 25.5 Å². The van der Waals surface area contributed by atoms with Gasteiger partial charge in [0.25, 0.3) is 0 Å². The highest BCUT2D eigenvalue weighted by molar-refractivity contribution is 7.13. The van der Waals surface area contributed by atoms with E-state index < -0.39 is 0 Å². The van der Waals surface area contributed by atoms with Gasteiger partial charge in [0, 0.05) is 37.6 Å². The molecule has 0 aliphatic rings. The number of aromatic nitrogens is 2. The van der Waals surface area contributed by atoms with E-state index in [0.717, 1.165) is 39.8 Å². The Balaban J connectivity index is 1.70. The number of benzene rings is 1. The number of hydrogen-bond donors (Lipinski definition) is 2. The third kappa shape index (κ3) is 4.49. The number of guanidine groups is 1. The normalized spacial score (nSPS) is 11.6. The van der Waals surface area contributed by atoms with Crippen LogP contribution in [-0.2, 0) is 13.1 Å². The summed E-state index contributed by atoms with van der Waals surface area (Å²) in [4.78, 5) is 15.7. The number of para-hydroxylation sites is 1. The van der Waals surface area contributed by atoms with Crippen molar-refractivity contribution in [2.24, 2.45) is 4.99 Å². The molecule has 2 aromatic heterocycles. The predicted octanol–water partition coefficient (Wildman–Crippen LogP) is 3.01. The molecule has 3 rings (SSSR count). The van der Waals surface area contributed by atoms with Crippen LogP contribution in [0.25, 0.3) is 10.9 Å². The summed E-state index contributed by atoms with van der Waals surface area (Å²) in [5.41, 5.74) is 3.17. The number of nitrogens with zero attached hydrogens (tertiary/aromatic N) is 4. The minimum absolute atomic E-state index is 0.596. The van der Waals surface area contributed by atoms with Gasteiger partial charge in [-0.1, -0.05) is 18.2 Å². The van der Waals surface area contributed by atoms with E-state index in [1.807, 2.05) is 49.5 Å². The van der Waals surface area contributed by atoms with Gasteiger partial charge >= 0.3 is 0 Å². The number of rotatable bonds is 6. The minimum Gasteiger partial charge on any atom is -0.357 e. The Morgan fingerprint density at radius 2 is 2.04 bits per heavy atom. The van der Waals surface area contributed by atoms with Gasteiger partial charge in [0.2, 0.25) is 0 Å². The van der Waals surface area contributed by atoms with Gasteiger partial charge in [-0.2, -0.15) is 0 Å². The Morgan fingerprint density at radius 1 is 1.19 bits per heavy atom. The van der Waals surface area contributed by atoms with Gasteiger partial charge in [0.15, 0.2) is 11.1 Å². The van der Waals surface area contributed by atoms with Crippen LogP contribution in [0.15, 0.2) is 46.9 Å². The molecule has 136 valence electrons. The van der Waals surface area contributed by atoms with Crippen molar-refractivity contribution in [3.8, 4) is 0 Å². The first-order valence-corrected chi connectivity index (χ1v) is 9.52. The zero-order valence-electron chi connectivity index (χ0n) is 15.4. The van der Waals surface area contributed by atoms with E-state index in [9.17, 15) is 0 Å². The van der Waals surface area contributed by atoms with E-state index in [1.54, 1.807) is 11.3 Å². The van der Waals surface area contributed by atoms with Crippen LogP contribution in [0.2, 0.25) is 0 Å². The largest absolute Gasteiger partial charge is 0.357 e. The highest BCUT2D eigenvalue weighted by Gasteiger charge is 2.05. The van der Waals surface area contributed by atoms with Gasteiger partial charge in [-0.3, -0.25) is 4.98 Å². The van der Waals surface area contributed by atoms with Crippen LogP contribution in [0.5, 0.6) is 0 Å². The van der Waals surface area contributed by atoms with E-state index in [1.165, 1.54) is 0 Å². The summed E-state index contributed by atoms with van der Waals surface area (Å²) in [6.07, 6.45) is 1.84. The first kappa shape index (κ1) is 18.1. The fourth-order valence-electron chi connectivity index (χ4n) is 2.56. The third-order valence-electron chi connectivity index (χ3n) is 3.85. The predicted molar refractivity (Wildman–Crippen MR) is 110 cm³/mol. The summed E-state index contributed by atoms with van der Waals surface area (Å²) in [5, 5.41) is 10.9. The number of pyridine rings is 1. The zero-order chi connectivity index (χ0) is 18.4. The number of fused-ring (bicyclic) bond motifs is 1. The molecule has 7 heteroatoms. The molecule has 6 nitrogen and oxygen atoms in total. The van der Waals surface area contributed by atoms with Gasteiger partial charge in [-0.25, -0.2) is 9.98 Å². The van der Waals surface area contributed by atoms with Gasteiger partial charge in [-0.05, 0) is 24.6 Å². The van der Waals surface area contributed by atoms with Gasteiger partial charge in [0.05, 0.1) is 24.3 Å². The van der Waals surface area contributed by atoms with E-state index >= 15 is 0 Å². The lowest BCUT2D eigenvalue weighted by Gasteiger charge is -2.11. The molecule has 0 amide bonds. The first-order chi connectivity index (χ1) is 12.7. The second-order valence-corrected chi connectivity index (χ2v) is 6.89. The zero-order valence-corrected chi connectivity index (χ0v) is 16.2. The van der Waals surface area contributed by atoms with Crippen molar-refractivity contribution in [1.82, 2.24) is 20.6 Å². The molecule has 0 aliphatic carbocycles. The average Bonchev–Trinajstić information content (AvgIpc) is 3.13. The topological polar surface area (TPSA) is 65.4 Å². The molecule has 0 aliphatic heterocycles. The third-order valence-corrected chi connectivity index (χ3v) is 4.91. The Labute approximate surface area is 158 Å². The summed E-state index contributed by atoms with van der Waals surface area (Å²) in [7, 11) is 4.00. The van der Waals surface area contributed by atoms with Crippen LogP contribution in [-0.4, -0.2) is 36.6 Å². The summed E-state index contributed by atoms with van der Waals surface area (Å²) in [5.74, 6) is 0.785. The van der Waals surface area contributed by atoms with Crippen LogP contribution < -0.4 is 15.5 Å². The molecule has 0 atom stereocenters. The molecule has 1 aromatic carbocycles. The van der Waals surface area contributed by atoms with Crippen molar-refractivity contribution < 1.29 is 0 Å². The SMILES string of the molecule is CCNC(=NCc1ccnc2ccccc12)NCc1csc(N(C)C)n1. The molecule has 3 aromatic rings. The lowest BCUT2D eigenvalue weighted by atomic mass is 10.1. The maximum Gasteiger partial charge on any atom is 0.191 e. The summed E-state index contributed by atoms with van der Waals surface area (Å²) in [6.45, 7) is 4.11. The fourth-order valence-corrected chi connectivity index (χ4v) is 3.31. The summed E-state index contributed by atoms with van der Waals surface area (Å²) >= 11 is 1.64. The van der Waals surface area contributed by atoms with Crippen LogP contribution in [0.4, 0.5) is 5.13 Å². The maximum absolute atomic E-state index is 4.72. The van der Waals surface area contributed by atoms with Crippen LogP contribution in [0, 0.1) is 0 Å². The van der Waals surface area contributed by atoms with Gasteiger partial charge in [-0.15, -0.1) is 11.3 Å². The molecule has 0 fully saturated rings. The number of aliphatic imine (C=N–C) groups is 1. The van der Waals surface area contributed by atoms with Crippen LogP contribution in [0.1, 0.15) is 18.2 Å². The second kappa shape index (κ2) is 8.62. The lowest BCUT2D eigenvalue weighted by Crippen LogP contribution is -2.36. The minimum atomic E-state index is 0.596. The highest BCUT2D eigenvalue weighted by atomic mass is 32.1. The molecule has 2 heterocycles. The monoisotopic (exact) mass is 368 g/mol. The van der Waals surface area contributed by atoms with Crippen molar-refractivity contribution >= 4 is 33.3 Å². The van der Waals surface area contributed by atoms with Gasteiger partial charge in [0.1, 0.15) is 0 Å². The molecule has 0 unspecified atom stereocenters. The molecular formula is C19H24N6S. The second-order valence-electron chi connectivity index (χ2n) is 6.05. The number of nitrogens with one attached hydrogen (secondary N) is 2. The Hall–Kier alpha value is -2.67. The quantitative estimate of drug-likeness (QED) is 0.517. The van der Waals surface area contributed by atoms with Crippen molar-refractivity contribution in [3.63, 3.8) is 0 Å². The Kier molecular flexibility index (Phi) is 6.01. The Morgan fingerprint density at radius 3 is 2.81 bits per heavy atom. The van der Waals surface area contributed by atoms with Crippen LogP contribution >= 0.6 is 11.3 Å². The lowest BCUT2D eigenvalue weighted by molar-refractivity contribution is 0.803. The molecular weight excluding hydrogens is 344 g/mol. The summed E-state index contributed by atoms with van der Waals surface area (Å²) in [6, 6.07) is 10.2. The number of thiazole rings is 1. The van der Waals surface area contributed by atoms with E-state index in [-0.39, 0.29) is 0 Å². The van der Waals surface area contributed by atoms with E-state index in [4.69, 9.17) is 4.99 Å². The van der Waals surface area contributed by atoms with Crippen LogP contribution in [0.3, 0.4) is 0 Å². The standard InChI is InChI=1S/C19H24N6S/c1-4-20-18(23-12-15-13-26-19(24-15)25(2)3)22-11-14-9-10-21-17-8-6-5-7-16(14)17/h5-10,13H,4,11-12H2,1-3H3,(H2,20,22,23). The molecule has 0 radical (unpaired) electrons. The molecule has 0 saturated heterocycles. The van der Waals surface area contributed by atoms with Gasteiger partial charge < -0.3 is 15.5 Å². The molecule has 0 bridgehead atoms. The fraction of sp³-hybridized carbons (Fsp3) is 0.316. The molecule has 0 saturated carbocycles. The average molecular weight is 369 g/mol. The van der Waals surface area contributed by atoms with Crippen molar-refractivity contribution in [2.45, 2.75) is 20.0 Å². The first-order valence-electron chi connectivity index (χ1n) is 8.64. The molecule has 0 spiro atoms. The molecule has 2 N–H and O–H groups in total. The highest BCUT2D eigenvalue weighted by Crippen LogP contribution is 2.18. The van der Waals surface area contributed by atoms with E-state index in [0.29, 0.717) is 13.1 Å². The Bertz CT molecular complexity index is 881. The van der Waals surface area contributed by atoms with Crippen molar-refractivity contribution in [3.05, 3.63) is 53.2 Å². The number of anilines is 1. The number of hydrogen-bond acceptors (Lipinski definition) is 5.